The predicted octanol–water partition coefficient (Wildman–Crippen LogP) is 3.99. The molecule has 2 aromatic carbocycles. The minimum absolute atomic E-state index is 0.479. The van der Waals surface area contributed by atoms with Gasteiger partial charge in [-0.25, -0.2) is 9.59 Å². The Morgan fingerprint density at radius 2 is 1.08 bits per heavy atom. The number of esters is 2. The van der Waals surface area contributed by atoms with E-state index in [4.69, 9.17) is 9.47 Å². The molecule has 0 saturated heterocycles. The Morgan fingerprint density at radius 1 is 0.708 bits per heavy atom. The average molecular weight is 324 g/mol. The summed E-state index contributed by atoms with van der Waals surface area (Å²) in [6.45, 7) is 7.52. The Hall–Kier alpha value is -2.88. The zero-order valence-corrected chi connectivity index (χ0v) is 14.3. The van der Waals surface area contributed by atoms with Crippen LogP contribution in [0.4, 0.5) is 0 Å². The zero-order chi connectivity index (χ0) is 17.7. The summed E-state index contributed by atoms with van der Waals surface area (Å²) in [4.78, 5) is 23.7. The van der Waals surface area contributed by atoms with E-state index in [0.717, 1.165) is 34.4 Å². The Labute approximate surface area is 141 Å². The standard InChI is InChI=1S/C20H20O4/c1-13-5-7-15(3)17(11-13)23-19(21)9-10-20(22)24-18-12-14(2)6-8-16(18)4/h5-12H,1-4H3/b10-9+. The largest absolute Gasteiger partial charge is 0.423 e. The first-order valence-electron chi connectivity index (χ1n) is 7.61. The molecule has 0 N–H and O–H groups in total. The molecule has 2 rings (SSSR count). The number of carbonyl (C=O) groups is 2. The van der Waals surface area contributed by atoms with Crippen LogP contribution < -0.4 is 9.47 Å². The van der Waals surface area contributed by atoms with Crippen molar-refractivity contribution >= 4 is 11.9 Å². The van der Waals surface area contributed by atoms with E-state index in [1.165, 1.54) is 0 Å². The summed E-state index contributed by atoms with van der Waals surface area (Å²) in [5, 5.41) is 0. The number of aryl methyl sites for hydroxylation is 4. The topological polar surface area (TPSA) is 52.6 Å². The van der Waals surface area contributed by atoms with Gasteiger partial charge < -0.3 is 9.47 Å². The van der Waals surface area contributed by atoms with E-state index in [9.17, 15) is 9.59 Å². The molecule has 0 saturated carbocycles. The molecule has 0 aromatic heterocycles. The second-order valence-corrected chi connectivity index (χ2v) is 5.71. The van der Waals surface area contributed by atoms with Crippen LogP contribution in [0.25, 0.3) is 0 Å². The van der Waals surface area contributed by atoms with Crippen LogP contribution in [0, 0.1) is 27.7 Å². The van der Waals surface area contributed by atoms with E-state index in [2.05, 4.69) is 0 Å². The van der Waals surface area contributed by atoms with Crippen molar-refractivity contribution in [3.63, 3.8) is 0 Å². The lowest BCUT2D eigenvalue weighted by Crippen LogP contribution is -2.09. The summed E-state index contributed by atoms with van der Waals surface area (Å²) < 4.78 is 10.5. The zero-order valence-electron chi connectivity index (χ0n) is 14.3. The first-order chi connectivity index (χ1) is 11.3. The quantitative estimate of drug-likeness (QED) is 0.485. The van der Waals surface area contributed by atoms with E-state index in [1.807, 2.05) is 52.0 Å². The monoisotopic (exact) mass is 324 g/mol. The molecule has 0 spiro atoms. The first-order valence-corrected chi connectivity index (χ1v) is 7.61. The van der Waals surface area contributed by atoms with Crippen LogP contribution >= 0.6 is 0 Å². The molecule has 0 radical (unpaired) electrons. The summed E-state index contributed by atoms with van der Waals surface area (Å²) in [5.74, 6) is -0.289. The highest BCUT2D eigenvalue weighted by molar-refractivity contribution is 5.93. The molecule has 4 heteroatoms. The minimum Gasteiger partial charge on any atom is -0.423 e. The molecule has 0 unspecified atom stereocenters. The summed E-state index contributed by atoms with van der Waals surface area (Å²) in [7, 11) is 0. The highest BCUT2D eigenvalue weighted by atomic mass is 16.5. The Morgan fingerprint density at radius 3 is 1.46 bits per heavy atom. The van der Waals surface area contributed by atoms with E-state index in [-0.39, 0.29) is 0 Å². The van der Waals surface area contributed by atoms with Gasteiger partial charge in [0.2, 0.25) is 0 Å². The third-order valence-corrected chi connectivity index (χ3v) is 3.46. The van der Waals surface area contributed by atoms with Crippen molar-refractivity contribution in [2.45, 2.75) is 27.7 Å². The molecule has 124 valence electrons. The predicted molar refractivity (Wildman–Crippen MR) is 92.2 cm³/mol. The second kappa shape index (κ2) is 7.59. The number of benzene rings is 2. The lowest BCUT2D eigenvalue weighted by molar-refractivity contribution is -0.131. The van der Waals surface area contributed by atoms with Gasteiger partial charge in [-0.15, -0.1) is 0 Å². The molecule has 4 nitrogen and oxygen atoms in total. The maximum absolute atomic E-state index is 11.8. The van der Waals surface area contributed by atoms with E-state index in [0.29, 0.717) is 11.5 Å². The van der Waals surface area contributed by atoms with Crippen molar-refractivity contribution in [3.05, 3.63) is 70.8 Å². The van der Waals surface area contributed by atoms with Crippen LogP contribution in [0.1, 0.15) is 22.3 Å². The molecular formula is C20H20O4. The van der Waals surface area contributed by atoms with Crippen molar-refractivity contribution in [2.24, 2.45) is 0 Å². The normalized spacial score (nSPS) is 10.7. The van der Waals surface area contributed by atoms with Crippen LogP contribution in [0.2, 0.25) is 0 Å². The van der Waals surface area contributed by atoms with Crippen molar-refractivity contribution in [2.75, 3.05) is 0 Å². The third kappa shape index (κ3) is 4.81. The molecule has 0 aliphatic rings. The number of rotatable bonds is 4. The maximum Gasteiger partial charge on any atom is 0.336 e. The van der Waals surface area contributed by atoms with Crippen molar-refractivity contribution in [1.29, 1.82) is 0 Å². The van der Waals surface area contributed by atoms with Crippen LogP contribution in [-0.2, 0) is 9.59 Å². The van der Waals surface area contributed by atoms with E-state index < -0.39 is 11.9 Å². The third-order valence-electron chi connectivity index (χ3n) is 3.46. The Bertz CT molecular complexity index is 736. The number of hydrogen-bond acceptors (Lipinski definition) is 4. The fourth-order valence-corrected chi connectivity index (χ4v) is 2.06. The lowest BCUT2D eigenvalue weighted by atomic mass is 10.1. The van der Waals surface area contributed by atoms with Gasteiger partial charge in [-0.1, -0.05) is 24.3 Å². The first kappa shape index (κ1) is 17.5. The maximum atomic E-state index is 11.8. The summed E-state index contributed by atoms with van der Waals surface area (Å²) in [6, 6.07) is 11.2. The fourth-order valence-electron chi connectivity index (χ4n) is 2.06. The van der Waals surface area contributed by atoms with Gasteiger partial charge >= 0.3 is 11.9 Å². The molecule has 0 heterocycles. The lowest BCUT2D eigenvalue weighted by Gasteiger charge is -2.07. The van der Waals surface area contributed by atoms with Gasteiger partial charge in [0.1, 0.15) is 11.5 Å². The van der Waals surface area contributed by atoms with Gasteiger partial charge in [-0.2, -0.15) is 0 Å². The van der Waals surface area contributed by atoms with Crippen LogP contribution in [0.3, 0.4) is 0 Å². The van der Waals surface area contributed by atoms with Gasteiger partial charge in [0.25, 0.3) is 0 Å². The molecule has 24 heavy (non-hydrogen) atoms. The molecule has 0 amide bonds. The molecule has 0 fully saturated rings. The van der Waals surface area contributed by atoms with Gasteiger partial charge in [0.15, 0.2) is 0 Å². The van der Waals surface area contributed by atoms with Crippen LogP contribution in [0.5, 0.6) is 11.5 Å². The van der Waals surface area contributed by atoms with Crippen molar-refractivity contribution in [3.8, 4) is 11.5 Å². The van der Waals surface area contributed by atoms with Crippen LogP contribution in [-0.4, -0.2) is 11.9 Å². The van der Waals surface area contributed by atoms with Crippen molar-refractivity contribution < 1.29 is 19.1 Å². The highest BCUT2D eigenvalue weighted by Gasteiger charge is 2.08. The number of ether oxygens (including phenoxy) is 2. The Kier molecular flexibility index (Phi) is 5.53. The van der Waals surface area contributed by atoms with Gasteiger partial charge in [0.05, 0.1) is 0 Å². The number of carbonyl (C=O) groups excluding carboxylic acids is 2. The van der Waals surface area contributed by atoms with Gasteiger partial charge in [-0.05, 0) is 62.1 Å². The Balaban J connectivity index is 1.99. The molecule has 0 bridgehead atoms. The summed E-state index contributed by atoms with van der Waals surface area (Å²) >= 11 is 0. The average Bonchev–Trinajstić information content (AvgIpc) is 2.52. The minimum atomic E-state index is -0.624. The molecule has 0 atom stereocenters. The number of hydrogen-bond donors (Lipinski definition) is 0. The fraction of sp³-hybridized carbons (Fsp3) is 0.200. The van der Waals surface area contributed by atoms with E-state index >= 15 is 0 Å². The summed E-state index contributed by atoms with van der Waals surface area (Å²) in [5.41, 5.74) is 3.67. The van der Waals surface area contributed by atoms with Crippen LogP contribution in [0.15, 0.2) is 48.6 Å². The molecule has 0 aliphatic carbocycles. The smallest absolute Gasteiger partial charge is 0.336 e. The second-order valence-electron chi connectivity index (χ2n) is 5.71. The molecule has 0 aliphatic heterocycles. The van der Waals surface area contributed by atoms with Gasteiger partial charge in [0, 0.05) is 12.2 Å². The highest BCUT2D eigenvalue weighted by Crippen LogP contribution is 2.20. The van der Waals surface area contributed by atoms with Crippen molar-refractivity contribution in [1.82, 2.24) is 0 Å². The van der Waals surface area contributed by atoms with Gasteiger partial charge in [-0.3, -0.25) is 0 Å². The SMILES string of the molecule is Cc1ccc(C)c(OC(=O)/C=C/C(=O)Oc2cc(C)ccc2C)c1. The van der Waals surface area contributed by atoms with E-state index in [1.54, 1.807) is 12.1 Å². The molecular weight excluding hydrogens is 304 g/mol. The molecule has 2 aromatic rings. The summed E-state index contributed by atoms with van der Waals surface area (Å²) in [6.07, 6.45) is 2.13.